The Morgan fingerprint density at radius 3 is 1.85 bits per heavy atom. The van der Waals surface area contributed by atoms with Crippen molar-refractivity contribution in [3.8, 4) is 0 Å². The Hall–Kier alpha value is -2.14. The summed E-state index contributed by atoms with van der Waals surface area (Å²) in [5, 5.41) is 19.8. The molecule has 4 heteroatoms. The molecule has 3 aromatic carbocycles. The summed E-state index contributed by atoms with van der Waals surface area (Å²) in [7, 11) is 0. The van der Waals surface area contributed by atoms with Gasteiger partial charge in [0.05, 0.1) is 11.7 Å². The van der Waals surface area contributed by atoms with Crippen LogP contribution in [0.15, 0.2) is 83.3 Å². The van der Waals surface area contributed by atoms with Gasteiger partial charge in [0.25, 0.3) is 0 Å². The van der Waals surface area contributed by atoms with Gasteiger partial charge in [-0.05, 0) is 67.4 Å². The van der Waals surface area contributed by atoms with E-state index in [4.69, 9.17) is 0 Å². The van der Waals surface area contributed by atoms with Crippen LogP contribution in [0.1, 0.15) is 12.5 Å². The number of halogens is 1. The van der Waals surface area contributed by atoms with Crippen molar-refractivity contribution in [3.05, 3.63) is 88.9 Å². The Balaban J connectivity index is 1.63. The first-order chi connectivity index (χ1) is 13.0. The van der Waals surface area contributed by atoms with Gasteiger partial charge in [-0.15, -0.1) is 0 Å². The third kappa shape index (κ3) is 3.65. The molecule has 3 nitrogen and oxygen atoms in total. The smallest absolute Gasteiger partial charge is 0.0938 e. The predicted molar refractivity (Wildman–Crippen MR) is 113 cm³/mol. The lowest BCUT2D eigenvalue weighted by Crippen LogP contribution is -2.10. The highest BCUT2D eigenvalue weighted by molar-refractivity contribution is 9.10. The molecule has 3 unspecified atom stereocenters. The lowest BCUT2D eigenvalue weighted by molar-refractivity contribution is 0.0993. The van der Waals surface area contributed by atoms with E-state index in [1.165, 1.54) is 0 Å². The third-order valence-electron chi connectivity index (χ3n) is 5.37. The number of hydrogen-bond donors (Lipinski definition) is 2. The Morgan fingerprint density at radius 1 is 0.852 bits per heavy atom. The summed E-state index contributed by atoms with van der Waals surface area (Å²) in [4.78, 5) is 2.21. The molecule has 0 spiro atoms. The minimum absolute atomic E-state index is 0.0833. The van der Waals surface area contributed by atoms with E-state index in [2.05, 4.69) is 69.4 Å². The highest BCUT2D eigenvalue weighted by Crippen LogP contribution is 2.45. The second-order valence-electron chi connectivity index (χ2n) is 7.30. The minimum atomic E-state index is -0.952. The van der Waals surface area contributed by atoms with E-state index in [1.807, 2.05) is 30.3 Å². The maximum absolute atomic E-state index is 10.0. The van der Waals surface area contributed by atoms with Crippen molar-refractivity contribution >= 4 is 33.0 Å². The Kier molecular flexibility index (Phi) is 4.81. The molecule has 1 saturated carbocycles. The molecule has 1 aliphatic carbocycles. The van der Waals surface area contributed by atoms with Gasteiger partial charge >= 0.3 is 0 Å². The molecule has 0 radical (unpaired) electrons. The molecular weight excluding hydrogens is 402 g/mol. The molecule has 0 aliphatic heterocycles. The number of para-hydroxylation sites is 1. The molecule has 0 saturated heterocycles. The Labute approximate surface area is 168 Å². The molecule has 27 heavy (non-hydrogen) atoms. The average Bonchev–Trinajstić information content (AvgIpc) is 3.15. The van der Waals surface area contributed by atoms with Crippen molar-refractivity contribution in [2.75, 3.05) is 4.90 Å². The SMILES string of the molecule is CC1(O)C(O)C1Cc1ccc(N(c2ccccc2)c2ccc(Br)cc2)cc1. The van der Waals surface area contributed by atoms with Gasteiger partial charge in [0.2, 0.25) is 0 Å². The number of hydrogen-bond acceptors (Lipinski definition) is 3. The molecule has 3 atom stereocenters. The van der Waals surface area contributed by atoms with E-state index < -0.39 is 11.7 Å². The summed E-state index contributed by atoms with van der Waals surface area (Å²) >= 11 is 3.50. The van der Waals surface area contributed by atoms with Gasteiger partial charge in [0.15, 0.2) is 0 Å². The van der Waals surface area contributed by atoms with E-state index in [9.17, 15) is 10.2 Å². The summed E-state index contributed by atoms with van der Waals surface area (Å²) in [6.45, 7) is 1.70. The first-order valence-electron chi connectivity index (χ1n) is 9.07. The van der Waals surface area contributed by atoms with Crippen molar-refractivity contribution < 1.29 is 10.2 Å². The van der Waals surface area contributed by atoms with Gasteiger partial charge in [-0.3, -0.25) is 0 Å². The molecular formula is C23H22BrNO2. The lowest BCUT2D eigenvalue weighted by atomic mass is 10.1. The largest absolute Gasteiger partial charge is 0.390 e. The van der Waals surface area contributed by atoms with Crippen LogP contribution in [0.25, 0.3) is 0 Å². The molecule has 0 heterocycles. The third-order valence-corrected chi connectivity index (χ3v) is 5.90. The van der Waals surface area contributed by atoms with Crippen LogP contribution in [-0.2, 0) is 6.42 Å². The van der Waals surface area contributed by atoms with Gasteiger partial charge < -0.3 is 15.1 Å². The van der Waals surface area contributed by atoms with Crippen molar-refractivity contribution in [1.82, 2.24) is 0 Å². The zero-order valence-electron chi connectivity index (χ0n) is 15.1. The number of aliphatic hydroxyl groups excluding tert-OH is 1. The van der Waals surface area contributed by atoms with E-state index in [0.717, 1.165) is 27.1 Å². The molecule has 0 bridgehead atoms. The molecule has 1 fully saturated rings. The summed E-state index contributed by atoms with van der Waals surface area (Å²) in [5.41, 5.74) is 3.40. The van der Waals surface area contributed by atoms with Gasteiger partial charge in [-0.1, -0.05) is 46.3 Å². The summed E-state index contributed by atoms with van der Waals surface area (Å²) < 4.78 is 1.05. The van der Waals surface area contributed by atoms with Crippen LogP contribution in [0.4, 0.5) is 17.1 Å². The molecule has 4 rings (SSSR count). The number of rotatable bonds is 5. The number of benzene rings is 3. The van der Waals surface area contributed by atoms with Gasteiger partial charge in [0, 0.05) is 27.5 Å². The van der Waals surface area contributed by atoms with Gasteiger partial charge in [0.1, 0.15) is 0 Å². The van der Waals surface area contributed by atoms with Crippen LogP contribution in [0.5, 0.6) is 0 Å². The lowest BCUT2D eigenvalue weighted by Gasteiger charge is -2.25. The molecule has 0 aromatic heterocycles. The van der Waals surface area contributed by atoms with E-state index in [1.54, 1.807) is 6.92 Å². The predicted octanol–water partition coefficient (Wildman–Crippen LogP) is 5.20. The van der Waals surface area contributed by atoms with Crippen molar-refractivity contribution in [2.24, 2.45) is 5.92 Å². The van der Waals surface area contributed by atoms with Gasteiger partial charge in [-0.25, -0.2) is 0 Å². The van der Waals surface area contributed by atoms with Crippen LogP contribution in [-0.4, -0.2) is 21.9 Å². The topological polar surface area (TPSA) is 43.7 Å². The first kappa shape index (κ1) is 18.2. The zero-order chi connectivity index (χ0) is 19.0. The number of aliphatic hydroxyl groups is 2. The van der Waals surface area contributed by atoms with Crippen LogP contribution < -0.4 is 4.90 Å². The van der Waals surface area contributed by atoms with Crippen LogP contribution >= 0.6 is 15.9 Å². The fraction of sp³-hybridized carbons (Fsp3) is 0.217. The fourth-order valence-corrected chi connectivity index (χ4v) is 3.79. The first-order valence-corrected chi connectivity index (χ1v) is 9.86. The second-order valence-corrected chi connectivity index (χ2v) is 8.21. The van der Waals surface area contributed by atoms with Crippen molar-refractivity contribution in [2.45, 2.75) is 25.0 Å². The Morgan fingerprint density at radius 2 is 1.33 bits per heavy atom. The molecule has 1 aliphatic rings. The van der Waals surface area contributed by atoms with Crippen molar-refractivity contribution in [3.63, 3.8) is 0 Å². The normalized spacial score (nSPS) is 23.9. The quantitative estimate of drug-likeness (QED) is 0.592. The maximum Gasteiger partial charge on any atom is 0.0938 e. The van der Waals surface area contributed by atoms with Crippen LogP contribution in [0.2, 0.25) is 0 Å². The van der Waals surface area contributed by atoms with Crippen molar-refractivity contribution in [1.29, 1.82) is 0 Å². The average molecular weight is 424 g/mol. The van der Waals surface area contributed by atoms with Crippen LogP contribution in [0, 0.1) is 5.92 Å². The van der Waals surface area contributed by atoms with E-state index >= 15 is 0 Å². The van der Waals surface area contributed by atoms with Crippen LogP contribution in [0.3, 0.4) is 0 Å². The highest BCUT2D eigenvalue weighted by Gasteiger charge is 2.59. The van der Waals surface area contributed by atoms with E-state index in [-0.39, 0.29) is 5.92 Å². The Bertz CT molecular complexity index is 907. The molecule has 138 valence electrons. The number of anilines is 3. The second kappa shape index (κ2) is 7.12. The molecule has 0 amide bonds. The summed E-state index contributed by atoms with van der Waals surface area (Å²) in [6, 6.07) is 26.8. The minimum Gasteiger partial charge on any atom is -0.390 e. The molecule has 3 aromatic rings. The fourth-order valence-electron chi connectivity index (χ4n) is 3.53. The maximum atomic E-state index is 10.0. The highest BCUT2D eigenvalue weighted by atomic mass is 79.9. The number of nitrogens with zero attached hydrogens (tertiary/aromatic N) is 1. The van der Waals surface area contributed by atoms with Gasteiger partial charge in [-0.2, -0.15) is 0 Å². The zero-order valence-corrected chi connectivity index (χ0v) is 16.7. The standard InChI is InChI=1S/C23H22BrNO2/c1-23(27)21(22(23)26)15-16-7-11-19(12-8-16)25(18-5-3-2-4-6-18)20-13-9-17(24)10-14-20/h2-14,21-22,26-27H,15H2,1H3. The summed E-state index contributed by atoms with van der Waals surface area (Å²) in [6.07, 6.45) is 0.0543. The molecule has 2 N–H and O–H groups in total. The summed E-state index contributed by atoms with van der Waals surface area (Å²) in [5.74, 6) is -0.0833. The van der Waals surface area contributed by atoms with E-state index in [0.29, 0.717) is 6.42 Å². The monoisotopic (exact) mass is 423 g/mol.